The van der Waals surface area contributed by atoms with E-state index in [2.05, 4.69) is 17.4 Å². The molecule has 1 fully saturated rings. The van der Waals surface area contributed by atoms with Gasteiger partial charge in [-0.3, -0.25) is 11.3 Å². The van der Waals surface area contributed by atoms with E-state index in [1.807, 2.05) is 12.1 Å². The van der Waals surface area contributed by atoms with E-state index >= 15 is 0 Å². The third-order valence-electron chi connectivity index (χ3n) is 2.96. The van der Waals surface area contributed by atoms with Gasteiger partial charge in [-0.05, 0) is 19.2 Å². The monoisotopic (exact) mass is 225 g/mol. The third-order valence-corrected chi connectivity index (χ3v) is 2.96. The highest BCUT2D eigenvalue weighted by atomic mass is 16.5. The van der Waals surface area contributed by atoms with Crippen molar-refractivity contribution in [2.24, 2.45) is 5.84 Å². The maximum absolute atomic E-state index is 5.72. The van der Waals surface area contributed by atoms with Crippen LogP contribution in [0.15, 0.2) is 22.8 Å². The lowest BCUT2D eigenvalue weighted by atomic mass is 10.1. The molecule has 2 unspecified atom stereocenters. The van der Waals surface area contributed by atoms with E-state index in [0.29, 0.717) is 0 Å². The van der Waals surface area contributed by atoms with Gasteiger partial charge in [-0.2, -0.15) is 0 Å². The second kappa shape index (κ2) is 5.45. The third kappa shape index (κ3) is 2.82. The Balaban J connectivity index is 1.93. The van der Waals surface area contributed by atoms with Crippen molar-refractivity contribution in [3.8, 4) is 0 Å². The number of likely N-dealkylation sites (N-methyl/N-ethyl adjacent to an activating group) is 1. The summed E-state index contributed by atoms with van der Waals surface area (Å²) in [4.78, 5) is 2.25. The first kappa shape index (κ1) is 11.6. The zero-order valence-electron chi connectivity index (χ0n) is 9.56. The Hall–Kier alpha value is -0.880. The van der Waals surface area contributed by atoms with Crippen LogP contribution < -0.4 is 11.3 Å². The first-order valence-corrected chi connectivity index (χ1v) is 5.58. The molecule has 1 aromatic heterocycles. The van der Waals surface area contributed by atoms with Crippen LogP contribution in [-0.2, 0) is 11.2 Å². The van der Waals surface area contributed by atoms with E-state index in [1.54, 1.807) is 6.26 Å². The number of ether oxygens (including phenoxy) is 1. The molecule has 0 aromatic carbocycles. The maximum atomic E-state index is 5.72. The average Bonchev–Trinajstić information content (AvgIpc) is 2.78. The van der Waals surface area contributed by atoms with Gasteiger partial charge >= 0.3 is 0 Å². The average molecular weight is 225 g/mol. The van der Waals surface area contributed by atoms with Crippen LogP contribution in [0.25, 0.3) is 0 Å². The van der Waals surface area contributed by atoms with E-state index < -0.39 is 0 Å². The second-order valence-electron chi connectivity index (χ2n) is 4.23. The molecule has 2 rings (SSSR count). The molecule has 0 spiro atoms. The quantitative estimate of drug-likeness (QED) is 0.557. The summed E-state index contributed by atoms with van der Waals surface area (Å²) in [5.74, 6) is 6.51. The summed E-state index contributed by atoms with van der Waals surface area (Å²) in [5, 5.41) is 0. The molecule has 0 aliphatic carbocycles. The van der Waals surface area contributed by atoms with Crippen molar-refractivity contribution in [2.45, 2.75) is 18.6 Å². The minimum Gasteiger partial charge on any atom is -0.469 e. The van der Waals surface area contributed by atoms with Gasteiger partial charge in [0.25, 0.3) is 0 Å². The lowest BCUT2D eigenvalue weighted by Gasteiger charge is -2.34. The number of nitrogens with one attached hydrogen (secondary N) is 1. The van der Waals surface area contributed by atoms with E-state index in [-0.39, 0.29) is 12.1 Å². The number of furan rings is 1. The standard InChI is InChI=1S/C11H19N3O2/c1-14-4-6-16-11(8-14)10(13-12)7-9-3-2-5-15-9/h2-3,5,10-11,13H,4,6-8,12H2,1H3. The zero-order valence-corrected chi connectivity index (χ0v) is 9.56. The van der Waals surface area contributed by atoms with Gasteiger partial charge in [0.15, 0.2) is 0 Å². The summed E-state index contributed by atoms with van der Waals surface area (Å²) < 4.78 is 11.0. The van der Waals surface area contributed by atoms with Crippen molar-refractivity contribution < 1.29 is 9.15 Å². The fourth-order valence-corrected chi connectivity index (χ4v) is 2.00. The van der Waals surface area contributed by atoms with Crippen LogP contribution in [0.2, 0.25) is 0 Å². The Morgan fingerprint density at radius 3 is 3.19 bits per heavy atom. The molecule has 3 N–H and O–H groups in total. The lowest BCUT2D eigenvalue weighted by molar-refractivity contribution is -0.0391. The number of hydrazine groups is 1. The van der Waals surface area contributed by atoms with Crippen LogP contribution in [-0.4, -0.2) is 43.8 Å². The van der Waals surface area contributed by atoms with Gasteiger partial charge in [-0.1, -0.05) is 0 Å². The molecule has 1 aliphatic heterocycles. The van der Waals surface area contributed by atoms with Crippen LogP contribution in [0.4, 0.5) is 0 Å². The largest absolute Gasteiger partial charge is 0.469 e. The number of hydrogen-bond donors (Lipinski definition) is 2. The second-order valence-corrected chi connectivity index (χ2v) is 4.23. The predicted octanol–water partition coefficient (Wildman–Crippen LogP) is -0.0154. The highest BCUT2D eigenvalue weighted by Crippen LogP contribution is 2.12. The van der Waals surface area contributed by atoms with Crippen molar-refractivity contribution in [1.82, 2.24) is 10.3 Å². The Kier molecular flexibility index (Phi) is 3.95. The number of morpholine rings is 1. The zero-order chi connectivity index (χ0) is 11.4. The molecule has 16 heavy (non-hydrogen) atoms. The summed E-state index contributed by atoms with van der Waals surface area (Å²) in [6.07, 6.45) is 2.55. The molecule has 5 heteroatoms. The summed E-state index contributed by atoms with van der Waals surface area (Å²) in [5.41, 5.74) is 2.82. The van der Waals surface area contributed by atoms with Gasteiger partial charge in [-0.25, -0.2) is 0 Å². The molecule has 0 radical (unpaired) electrons. The molecule has 0 saturated carbocycles. The minimum absolute atomic E-state index is 0.0916. The number of rotatable bonds is 4. The van der Waals surface area contributed by atoms with Crippen molar-refractivity contribution in [2.75, 3.05) is 26.7 Å². The Morgan fingerprint density at radius 1 is 1.69 bits per heavy atom. The molecule has 1 aromatic rings. The van der Waals surface area contributed by atoms with Crippen molar-refractivity contribution >= 4 is 0 Å². The molecule has 1 aliphatic rings. The first-order chi connectivity index (χ1) is 7.79. The van der Waals surface area contributed by atoms with Gasteiger partial charge in [0.2, 0.25) is 0 Å². The topological polar surface area (TPSA) is 63.7 Å². The normalized spacial score (nSPS) is 24.5. The Morgan fingerprint density at radius 2 is 2.56 bits per heavy atom. The maximum Gasteiger partial charge on any atom is 0.105 e. The van der Waals surface area contributed by atoms with E-state index in [0.717, 1.165) is 31.9 Å². The molecule has 1 saturated heterocycles. The summed E-state index contributed by atoms with van der Waals surface area (Å²) >= 11 is 0. The van der Waals surface area contributed by atoms with Gasteiger partial charge < -0.3 is 14.1 Å². The van der Waals surface area contributed by atoms with Gasteiger partial charge in [0.1, 0.15) is 5.76 Å². The van der Waals surface area contributed by atoms with Crippen LogP contribution >= 0.6 is 0 Å². The fourth-order valence-electron chi connectivity index (χ4n) is 2.00. The molecule has 0 bridgehead atoms. The summed E-state index contributed by atoms with van der Waals surface area (Å²) in [7, 11) is 2.09. The van der Waals surface area contributed by atoms with Crippen LogP contribution in [0.1, 0.15) is 5.76 Å². The molecule has 90 valence electrons. The number of hydrogen-bond acceptors (Lipinski definition) is 5. The van der Waals surface area contributed by atoms with Crippen LogP contribution in [0, 0.1) is 0 Å². The smallest absolute Gasteiger partial charge is 0.105 e. The van der Waals surface area contributed by atoms with Crippen molar-refractivity contribution in [1.29, 1.82) is 0 Å². The van der Waals surface area contributed by atoms with E-state index in [9.17, 15) is 0 Å². The highest BCUT2D eigenvalue weighted by Gasteiger charge is 2.26. The van der Waals surface area contributed by atoms with Crippen molar-refractivity contribution in [3.63, 3.8) is 0 Å². The molecular formula is C11H19N3O2. The van der Waals surface area contributed by atoms with Crippen LogP contribution in [0.3, 0.4) is 0 Å². The van der Waals surface area contributed by atoms with Crippen LogP contribution in [0.5, 0.6) is 0 Å². The van der Waals surface area contributed by atoms with Crippen molar-refractivity contribution in [3.05, 3.63) is 24.2 Å². The first-order valence-electron chi connectivity index (χ1n) is 5.58. The molecule has 5 nitrogen and oxygen atoms in total. The highest BCUT2D eigenvalue weighted by molar-refractivity contribution is 5.02. The molecule has 2 heterocycles. The summed E-state index contributed by atoms with van der Waals surface area (Å²) in [6, 6.07) is 3.93. The summed E-state index contributed by atoms with van der Waals surface area (Å²) in [6.45, 7) is 2.64. The van der Waals surface area contributed by atoms with E-state index in [1.165, 1.54) is 0 Å². The molecular weight excluding hydrogens is 206 g/mol. The predicted molar refractivity (Wildman–Crippen MR) is 60.8 cm³/mol. The van der Waals surface area contributed by atoms with E-state index in [4.69, 9.17) is 15.0 Å². The molecule has 2 atom stereocenters. The Bertz CT molecular complexity index is 302. The Labute approximate surface area is 95.5 Å². The SMILES string of the molecule is CN1CCOC(C(Cc2ccco2)NN)C1. The minimum atomic E-state index is 0.0916. The van der Waals surface area contributed by atoms with Gasteiger partial charge in [-0.15, -0.1) is 0 Å². The van der Waals surface area contributed by atoms with Gasteiger partial charge in [0.05, 0.1) is 25.0 Å². The lowest BCUT2D eigenvalue weighted by Crippen LogP contribution is -2.54. The molecule has 0 amide bonds. The fraction of sp³-hybridized carbons (Fsp3) is 0.636. The number of nitrogens with two attached hydrogens (primary N) is 1. The number of nitrogens with zero attached hydrogens (tertiary/aromatic N) is 1. The van der Waals surface area contributed by atoms with Gasteiger partial charge in [0, 0.05) is 19.5 Å².